The molecule has 2 aliphatic heterocycles. The van der Waals surface area contributed by atoms with E-state index in [1.54, 1.807) is 7.11 Å². The molecule has 0 aromatic carbocycles. The van der Waals surface area contributed by atoms with Crippen LogP contribution in [-0.2, 0) is 9.53 Å². The number of hydrogen-bond donors (Lipinski definition) is 2. The number of allylic oxidation sites excluding steroid dienone is 5. The monoisotopic (exact) mass is 539 g/mol. The first kappa shape index (κ1) is 29.5. The van der Waals surface area contributed by atoms with Crippen LogP contribution in [0.2, 0.25) is 0 Å². The van der Waals surface area contributed by atoms with Crippen molar-refractivity contribution in [3.05, 3.63) is 46.7 Å². The second-order valence-electron chi connectivity index (χ2n) is 9.89. The van der Waals surface area contributed by atoms with Crippen molar-refractivity contribution in [3.8, 4) is 0 Å². The molecule has 7 nitrogen and oxygen atoms in total. The summed E-state index contributed by atoms with van der Waals surface area (Å²) < 4.78 is 32.3. The summed E-state index contributed by atoms with van der Waals surface area (Å²) in [5.74, 6) is -2.13. The first-order valence-corrected chi connectivity index (χ1v) is 13.4. The van der Waals surface area contributed by atoms with Crippen molar-refractivity contribution in [3.63, 3.8) is 0 Å². The van der Waals surface area contributed by atoms with Crippen LogP contribution in [0.25, 0.3) is 0 Å². The number of likely N-dealkylation sites (N-methyl/N-ethyl adjacent to an activating group) is 1. The largest absolute Gasteiger partial charge is 0.365 e. The molecular formula is C27H40ClF2N5O2. The van der Waals surface area contributed by atoms with Gasteiger partial charge in [-0.05, 0) is 57.4 Å². The molecule has 10 heteroatoms. The van der Waals surface area contributed by atoms with E-state index in [1.807, 2.05) is 42.3 Å². The third-order valence-electron chi connectivity index (χ3n) is 6.82. The number of rotatable bonds is 12. The number of amides is 1. The Balaban J connectivity index is 1.57. The summed E-state index contributed by atoms with van der Waals surface area (Å²) in [6, 6.07) is 0.118. The van der Waals surface area contributed by atoms with Crippen molar-refractivity contribution in [2.75, 3.05) is 46.9 Å². The van der Waals surface area contributed by atoms with Crippen LogP contribution in [0.3, 0.4) is 0 Å². The number of amidine groups is 1. The quantitative estimate of drug-likeness (QED) is 0.364. The van der Waals surface area contributed by atoms with Crippen LogP contribution in [0.1, 0.15) is 45.4 Å². The Morgan fingerprint density at radius 1 is 1.27 bits per heavy atom. The summed E-state index contributed by atoms with van der Waals surface area (Å²) in [6.45, 7) is 4.17. The number of nitrogens with one attached hydrogen (secondary N) is 2. The number of aliphatic imine (C=N–C) groups is 1. The minimum atomic E-state index is -2.73. The van der Waals surface area contributed by atoms with E-state index in [9.17, 15) is 13.6 Å². The molecule has 0 aromatic heterocycles. The SMILES string of the molecule is CNC(CN1CCC(NC(=O)CN2CC=C(C3=CCC=C(Cl)C=C3)N=C2CCCC(C)(F)F)CC1)OC. The zero-order chi connectivity index (χ0) is 26.8. The molecule has 2 N–H and O–H groups in total. The maximum Gasteiger partial charge on any atom is 0.245 e. The Hall–Kier alpha value is -2.07. The second-order valence-corrected chi connectivity index (χ2v) is 10.3. The lowest BCUT2D eigenvalue weighted by Gasteiger charge is -2.35. The third kappa shape index (κ3) is 9.96. The Kier molecular flexibility index (Phi) is 11.3. The molecular weight excluding hydrogens is 500 g/mol. The van der Waals surface area contributed by atoms with Crippen LogP contribution in [0.15, 0.2) is 51.7 Å². The minimum absolute atomic E-state index is 0.00829. The molecule has 1 unspecified atom stereocenters. The fraction of sp³-hybridized carbons (Fsp3) is 0.630. The summed E-state index contributed by atoms with van der Waals surface area (Å²) in [7, 11) is 3.57. The van der Waals surface area contributed by atoms with Gasteiger partial charge in [-0.2, -0.15) is 0 Å². The van der Waals surface area contributed by atoms with Gasteiger partial charge in [-0.25, -0.2) is 13.8 Å². The normalized spacial score (nSPS) is 20.5. The predicted octanol–water partition coefficient (Wildman–Crippen LogP) is 4.19. The molecule has 2 heterocycles. The molecule has 0 spiro atoms. The number of ether oxygens (including phenoxy) is 1. The van der Waals surface area contributed by atoms with E-state index in [0.29, 0.717) is 36.7 Å². The van der Waals surface area contributed by atoms with Crippen molar-refractivity contribution in [1.29, 1.82) is 0 Å². The van der Waals surface area contributed by atoms with E-state index in [-0.39, 0.29) is 31.1 Å². The zero-order valence-electron chi connectivity index (χ0n) is 22.1. The number of methoxy groups -OCH3 is 1. The van der Waals surface area contributed by atoms with Gasteiger partial charge in [-0.1, -0.05) is 29.8 Å². The second kappa shape index (κ2) is 14.2. The molecule has 0 aromatic rings. The fourth-order valence-electron chi connectivity index (χ4n) is 4.69. The van der Waals surface area contributed by atoms with Gasteiger partial charge in [0.1, 0.15) is 12.1 Å². The Labute approximate surface area is 224 Å². The van der Waals surface area contributed by atoms with E-state index < -0.39 is 5.92 Å². The van der Waals surface area contributed by atoms with Crippen molar-refractivity contribution < 1.29 is 18.3 Å². The minimum Gasteiger partial charge on any atom is -0.365 e. The molecule has 0 bridgehead atoms. The van der Waals surface area contributed by atoms with Crippen molar-refractivity contribution >= 4 is 23.3 Å². The Morgan fingerprint density at radius 2 is 2.03 bits per heavy atom. The number of hydrogen-bond acceptors (Lipinski definition) is 6. The lowest BCUT2D eigenvalue weighted by Crippen LogP contribution is -2.50. The van der Waals surface area contributed by atoms with Crippen LogP contribution in [0.4, 0.5) is 8.78 Å². The van der Waals surface area contributed by atoms with Crippen LogP contribution >= 0.6 is 11.6 Å². The van der Waals surface area contributed by atoms with Gasteiger partial charge in [-0.15, -0.1) is 0 Å². The van der Waals surface area contributed by atoms with Crippen LogP contribution < -0.4 is 10.6 Å². The number of carbonyl (C=O) groups excluding carboxylic acids is 1. The molecule has 37 heavy (non-hydrogen) atoms. The van der Waals surface area contributed by atoms with Crippen LogP contribution in [0.5, 0.6) is 0 Å². The van der Waals surface area contributed by atoms with Gasteiger partial charge in [0, 0.05) is 57.2 Å². The molecule has 1 amide bonds. The van der Waals surface area contributed by atoms with Gasteiger partial charge in [0.25, 0.3) is 0 Å². The first-order chi connectivity index (χ1) is 17.7. The molecule has 1 atom stereocenters. The summed E-state index contributed by atoms with van der Waals surface area (Å²) in [5, 5.41) is 6.96. The van der Waals surface area contributed by atoms with Gasteiger partial charge in [0.05, 0.1) is 12.2 Å². The van der Waals surface area contributed by atoms with Gasteiger partial charge >= 0.3 is 0 Å². The lowest BCUT2D eigenvalue weighted by atomic mass is 10.0. The predicted molar refractivity (Wildman–Crippen MR) is 145 cm³/mol. The van der Waals surface area contributed by atoms with Crippen LogP contribution in [-0.4, -0.2) is 86.6 Å². The standard InChI is InChI=1S/C27H40ClF2N5O2/c1-27(29,30)14-5-8-24-33-23(20-6-4-7-21(28)10-9-20)13-17-35(24)18-25(36)32-22-11-15-34(16-12-22)19-26(31-2)37-3/h6-7,9-10,13,22,26,31H,4-5,8,11-12,14-19H2,1-3H3,(H,32,36). The smallest absolute Gasteiger partial charge is 0.245 e. The van der Waals surface area contributed by atoms with E-state index in [0.717, 1.165) is 50.7 Å². The molecule has 1 fully saturated rings. The van der Waals surface area contributed by atoms with E-state index in [1.165, 1.54) is 0 Å². The van der Waals surface area contributed by atoms with Gasteiger partial charge in [0.2, 0.25) is 11.8 Å². The highest BCUT2D eigenvalue weighted by Crippen LogP contribution is 2.25. The number of carbonyl (C=O) groups is 1. The molecule has 206 valence electrons. The number of nitrogens with zero attached hydrogens (tertiary/aromatic N) is 3. The molecule has 0 saturated carbocycles. The molecule has 1 saturated heterocycles. The van der Waals surface area contributed by atoms with E-state index in [2.05, 4.69) is 15.5 Å². The Morgan fingerprint density at radius 3 is 2.70 bits per heavy atom. The highest BCUT2D eigenvalue weighted by molar-refractivity contribution is 6.31. The van der Waals surface area contributed by atoms with Gasteiger partial charge in [-0.3, -0.25) is 15.0 Å². The lowest BCUT2D eigenvalue weighted by molar-refractivity contribution is -0.122. The molecule has 1 aliphatic carbocycles. The maximum absolute atomic E-state index is 13.5. The Bertz CT molecular complexity index is 930. The zero-order valence-corrected chi connectivity index (χ0v) is 22.9. The highest BCUT2D eigenvalue weighted by atomic mass is 35.5. The van der Waals surface area contributed by atoms with Crippen molar-refractivity contribution in [2.45, 2.75) is 63.6 Å². The van der Waals surface area contributed by atoms with Gasteiger partial charge in [0.15, 0.2) is 0 Å². The van der Waals surface area contributed by atoms with Crippen molar-refractivity contribution in [2.24, 2.45) is 4.99 Å². The first-order valence-electron chi connectivity index (χ1n) is 13.0. The van der Waals surface area contributed by atoms with Crippen molar-refractivity contribution in [1.82, 2.24) is 20.4 Å². The number of halogens is 3. The number of alkyl halides is 2. The summed E-state index contributed by atoms with van der Waals surface area (Å²) in [4.78, 5) is 22.0. The number of piperidine rings is 1. The molecule has 0 radical (unpaired) electrons. The third-order valence-corrected chi connectivity index (χ3v) is 7.10. The summed E-state index contributed by atoms with van der Waals surface area (Å²) in [6.07, 6.45) is 12.6. The fourth-order valence-corrected chi connectivity index (χ4v) is 4.84. The average molecular weight is 540 g/mol. The van der Waals surface area contributed by atoms with E-state index in [4.69, 9.17) is 21.3 Å². The number of likely N-dealkylation sites (tertiary alicyclic amines) is 1. The van der Waals surface area contributed by atoms with E-state index >= 15 is 0 Å². The molecule has 3 aliphatic rings. The highest BCUT2D eigenvalue weighted by Gasteiger charge is 2.26. The summed E-state index contributed by atoms with van der Waals surface area (Å²) in [5.41, 5.74) is 1.73. The maximum atomic E-state index is 13.5. The molecule has 3 rings (SSSR count). The van der Waals surface area contributed by atoms with Crippen LogP contribution in [0, 0.1) is 0 Å². The topological polar surface area (TPSA) is 69.2 Å². The van der Waals surface area contributed by atoms with Gasteiger partial charge < -0.3 is 15.0 Å². The summed E-state index contributed by atoms with van der Waals surface area (Å²) >= 11 is 6.12. The average Bonchev–Trinajstić information content (AvgIpc) is 3.08.